The monoisotopic (exact) mass is 154 g/mol. The molecule has 0 saturated carbocycles. The Morgan fingerprint density at radius 1 is 1.73 bits per heavy atom. The molecule has 3 nitrogen and oxygen atoms in total. The summed E-state index contributed by atoms with van der Waals surface area (Å²) in [4.78, 5) is 12.8. The van der Waals surface area contributed by atoms with Crippen LogP contribution in [0.15, 0.2) is 12.7 Å². The number of likely N-dealkylation sites (tertiary alicyclic amines) is 1. The van der Waals surface area contributed by atoms with Crippen molar-refractivity contribution in [1.82, 2.24) is 4.90 Å². The van der Waals surface area contributed by atoms with Crippen molar-refractivity contribution < 1.29 is 4.79 Å². The standard InChI is InChI=1S/C8H14N2O/c1-3-8(11)10-4-6(2)7(9)5-10/h3,6-7H,1,4-5,9H2,2H3. The van der Waals surface area contributed by atoms with E-state index in [-0.39, 0.29) is 11.9 Å². The van der Waals surface area contributed by atoms with E-state index in [0.717, 1.165) is 6.54 Å². The number of hydrogen-bond donors (Lipinski definition) is 1. The molecule has 11 heavy (non-hydrogen) atoms. The SMILES string of the molecule is C=CC(=O)N1CC(C)C(N)C1. The minimum atomic E-state index is -0.00944. The van der Waals surface area contributed by atoms with Crippen molar-refractivity contribution in [2.75, 3.05) is 13.1 Å². The van der Waals surface area contributed by atoms with Crippen LogP contribution in [0.2, 0.25) is 0 Å². The fraction of sp³-hybridized carbons (Fsp3) is 0.625. The van der Waals surface area contributed by atoms with Crippen molar-refractivity contribution in [1.29, 1.82) is 0 Å². The van der Waals surface area contributed by atoms with E-state index in [4.69, 9.17) is 5.73 Å². The van der Waals surface area contributed by atoms with Crippen LogP contribution in [0.4, 0.5) is 0 Å². The maximum atomic E-state index is 11.1. The molecular weight excluding hydrogens is 140 g/mol. The summed E-state index contributed by atoms with van der Waals surface area (Å²) in [5, 5.41) is 0. The van der Waals surface area contributed by atoms with Crippen LogP contribution < -0.4 is 5.73 Å². The molecule has 3 heteroatoms. The Morgan fingerprint density at radius 2 is 2.36 bits per heavy atom. The average molecular weight is 154 g/mol. The minimum Gasteiger partial charge on any atom is -0.337 e. The molecule has 1 rings (SSSR count). The predicted octanol–water partition coefficient (Wildman–Crippen LogP) is -0.0220. The average Bonchev–Trinajstić information content (AvgIpc) is 2.31. The summed E-state index contributed by atoms with van der Waals surface area (Å²) in [6.45, 7) is 6.92. The first-order valence-corrected chi connectivity index (χ1v) is 3.82. The van der Waals surface area contributed by atoms with E-state index < -0.39 is 0 Å². The minimum absolute atomic E-state index is 0.00944. The van der Waals surface area contributed by atoms with Gasteiger partial charge in [0, 0.05) is 19.1 Å². The summed E-state index contributed by atoms with van der Waals surface area (Å²) in [7, 11) is 0. The van der Waals surface area contributed by atoms with Crippen LogP contribution in [0.5, 0.6) is 0 Å². The van der Waals surface area contributed by atoms with Crippen molar-refractivity contribution in [2.24, 2.45) is 11.7 Å². The van der Waals surface area contributed by atoms with E-state index in [0.29, 0.717) is 12.5 Å². The molecule has 0 aliphatic carbocycles. The zero-order valence-electron chi connectivity index (χ0n) is 6.79. The van der Waals surface area contributed by atoms with E-state index in [2.05, 4.69) is 13.5 Å². The van der Waals surface area contributed by atoms with Gasteiger partial charge in [0.05, 0.1) is 0 Å². The number of carbonyl (C=O) groups excluding carboxylic acids is 1. The molecule has 0 aromatic rings. The molecule has 2 N–H and O–H groups in total. The van der Waals surface area contributed by atoms with Crippen molar-refractivity contribution in [3.63, 3.8) is 0 Å². The first kappa shape index (κ1) is 8.27. The Morgan fingerprint density at radius 3 is 2.73 bits per heavy atom. The van der Waals surface area contributed by atoms with Gasteiger partial charge in [-0.2, -0.15) is 0 Å². The van der Waals surface area contributed by atoms with E-state index in [1.165, 1.54) is 6.08 Å². The third kappa shape index (κ3) is 1.60. The van der Waals surface area contributed by atoms with Gasteiger partial charge < -0.3 is 10.6 Å². The van der Waals surface area contributed by atoms with Crippen LogP contribution in [0.25, 0.3) is 0 Å². The fourth-order valence-electron chi connectivity index (χ4n) is 1.30. The summed E-state index contributed by atoms with van der Waals surface area (Å²) in [6, 6.07) is 0.138. The van der Waals surface area contributed by atoms with E-state index in [9.17, 15) is 4.79 Å². The fourth-order valence-corrected chi connectivity index (χ4v) is 1.30. The second kappa shape index (κ2) is 3.05. The maximum absolute atomic E-state index is 11.1. The van der Waals surface area contributed by atoms with Crippen LogP contribution >= 0.6 is 0 Å². The van der Waals surface area contributed by atoms with Gasteiger partial charge in [-0.3, -0.25) is 4.79 Å². The molecule has 0 spiro atoms. The predicted molar refractivity (Wildman–Crippen MR) is 43.9 cm³/mol. The Bertz CT molecular complexity index is 169. The Labute approximate surface area is 66.9 Å². The lowest BCUT2D eigenvalue weighted by Gasteiger charge is -2.11. The summed E-state index contributed by atoms with van der Waals surface area (Å²) in [6.07, 6.45) is 1.34. The molecule has 0 aromatic carbocycles. The Kier molecular flexibility index (Phi) is 2.29. The van der Waals surface area contributed by atoms with Gasteiger partial charge in [-0.25, -0.2) is 0 Å². The highest BCUT2D eigenvalue weighted by Crippen LogP contribution is 2.14. The lowest BCUT2D eigenvalue weighted by Crippen LogP contribution is -2.30. The van der Waals surface area contributed by atoms with Crippen molar-refractivity contribution >= 4 is 5.91 Å². The van der Waals surface area contributed by atoms with Gasteiger partial charge in [0.2, 0.25) is 5.91 Å². The number of nitrogens with zero attached hydrogens (tertiary/aromatic N) is 1. The van der Waals surface area contributed by atoms with Gasteiger partial charge in [0.15, 0.2) is 0 Å². The van der Waals surface area contributed by atoms with Gasteiger partial charge in [-0.15, -0.1) is 0 Å². The van der Waals surface area contributed by atoms with Crippen LogP contribution in [-0.4, -0.2) is 29.9 Å². The number of hydrogen-bond acceptors (Lipinski definition) is 2. The van der Waals surface area contributed by atoms with Crippen LogP contribution in [0.1, 0.15) is 6.92 Å². The molecule has 1 aliphatic rings. The van der Waals surface area contributed by atoms with E-state index in [1.807, 2.05) is 0 Å². The zero-order valence-corrected chi connectivity index (χ0v) is 6.79. The molecule has 1 amide bonds. The molecule has 1 saturated heterocycles. The Balaban J connectivity index is 2.53. The topological polar surface area (TPSA) is 46.3 Å². The van der Waals surface area contributed by atoms with Crippen LogP contribution in [0.3, 0.4) is 0 Å². The summed E-state index contributed by atoms with van der Waals surface area (Å²) in [5.74, 6) is 0.406. The molecule has 0 bridgehead atoms. The molecule has 0 radical (unpaired) electrons. The third-order valence-corrected chi connectivity index (χ3v) is 2.16. The van der Waals surface area contributed by atoms with Gasteiger partial charge in [0.25, 0.3) is 0 Å². The second-order valence-corrected chi connectivity index (χ2v) is 3.09. The first-order chi connectivity index (χ1) is 5.15. The molecule has 1 aliphatic heterocycles. The van der Waals surface area contributed by atoms with Gasteiger partial charge in [-0.1, -0.05) is 13.5 Å². The highest BCUT2D eigenvalue weighted by Gasteiger charge is 2.28. The molecule has 1 heterocycles. The molecule has 2 atom stereocenters. The van der Waals surface area contributed by atoms with Gasteiger partial charge in [-0.05, 0) is 12.0 Å². The highest BCUT2D eigenvalue weighted by molar-refractivity contribution is 5.87. The van der Waals surface area contributed by atoms with Gasteiger partial charge in [0.1, 0.15) is 0 Å². The van der Waals surface area contributed by atoms with Crippen LogP contribution in [0, 0.1) is 5.92 Å². The molecule has 1 fully saturated rings. The summed E-state index contributed by atoms with van der Waals surface area (Å²) in [5.41, 5.74) is 5.73. The zero-order chi connectivity index (χ0) is 8.43. The smallest absolute Gasteiger partial charge is 0.246 e. The molecule has 62 valence electrons. The normalized spacial score (nSPS) is 30.5. The lowest BCUT2D eigenvalue weighted by atomic mass is 10.1. The van der Waals surface area contributed by atoms with Crippen molar-refractivity contribution in [3.05, 3.63) is 12.7 Å². The highest BCUT2D eigenvalue weighted by atomic mass is 16.2. The van der Waals surface area contributed by atoms with Crippen LogP contribution in [-0.2, 0) is 4.79 Å². The maximum Gasteiger partial charge on any atom is 0.246 e. The lowest BCUT2D eigenvalue weighted by molar-refractivity contribution is -0.125. The number of nitrogens with two attached hydrogens (primary N) is 1. The quantitative estimate of drug-likeness (QED) is 0.539. The number of carbonyl (C=O) groups is 1. The molecular formula is C8H14N2O. The second-order valence-electron chi connectivity index (χ2n) is 3.09. The summed E-state index contributed by atoms with van der Waals surface area (Å²) >= 11 is 0. The largest absolute Gasteiger partial charge is 0.337 e. The van der Waals surface area contributed by atoms with Gasteiger partial charge >= 0.3 is 0 Å². The number of amides is 1. The van der Waals surface area contributed by atoms with E-state index >= 15 is 0 Å². The van der Waals surface area contributed by atoms with E-state index in [1.54, 1.807) is 4.90 Å². The van der Waals surface area contributed by atoms with Crippen molar-refractivity contribution in [3.8, 4) is 0 Å². The third-order valence-electron chi connectivity index (χ3n) is 2.16. The summed E-state index contributed by atoms with van der Waals surface area (Å²) < 4.78 is 0. The number of rotatable bonds is 1. The molecule has 2 unspecified atom stereocenters. The van der Waals surface area contributed by atoms with Crippen molar-refractivity contribution in [2.45, 2.75) is 13.0 Å². The first-order valence-electron chi connectivity index (χ1n) is 3.82. The Hall–Kier alpha value is -0.830. The molecule has 0 aromatic heterocycles.